The summed E-state index contributed by atoms with van der Waals surface area (Å²) in [4.78, 5) is 14.0. The molecule has 3 rings (SSSR count). The Morgan fingerprint density at radius 2 is 1.68 bits per heavy atom. The number of nitrogens with one attached hydrogen (secondary N) is 1. The van der Waals surface area contributed by atoms with Gasteiger partial charge in [0, 0.05) is 25.7 Å². The summed E-state index contributed by atoms with van der Waals surface area (Å²) in [7, 11) is -2.32. The van der Waals surface area contributed by atoms with Crippen LogP contribution in [0.15, 0.2) is 59.5 Å². The fourth-order valence-electron chi connectivity index (χ4n) is 3.23. The van der Waals surface area contributed by atoms with Gasteiger partial charge in [-0.05, 0) is 42.7 Å². The van der Waals surface area contributed by atoms with Crippen molar-refractivity contribution < 1.29 is 17.9 Å². The van der Waals surface area contributed by atoms with Crippen molar-refractivity contribution in [2.45, 2.75) is 30.3 Å². The minimum absolute atomic E-state index is 0. The van der Waals surface area contributed by atoms with Crippen molar-refractivity contribution in [2.24, 2.45) is 0 Å². The average molecular weight is 425 g/mol. The molecule has 0 amide bonds. The lowest BCUT2D eigenvalue weighted by Crippen LogP contribution is -2.44. The summed E-state index contributed by atoms with van der Waals surface area (Å²) in [5.41, 5.74) is 1.59. The monoisotopic (exact) mass is 424 g/mol. The third-order valence-electron chi connectivity index (χ3n) is 4.74. The summed E-state index contributed by atoms with van der Waals surface area (Å²) >= 11 is 0. The van der Waals surface area contributed by atoms with Gasteiger partial charge < -0.3 is 4.74 Å². The van der Waals surface area contributed by atoms with E-state index in [0.29, 0.717) is 5.56 Å². The normalized spacial score (nSPS) is 15.6. The summed E-state index contributed by atoms with van der Waals surface area (Å²) < 4.78 is 32.6. The first-order valence-corrected chi connectivity index (χ1v) is 10.4. The Bertz CT molecular complexity index is 865. The molecule has 1 fully saturated rings. The fourth-order valence-corrected chi connectivity index (χ4v) is 4.53. The third-order valence-corrected chi connectivity index (χ3v) is 6.28. The van der Waals surface area contributed by atoms with Gasteiger partial charge >= 0.3 is 5.97 Å². The minimum Gasteiger partial charge on any atom is -0.465 e. The molecule has 0 aromatic heterocycles. The summed E-state index contributed by atoms with van der Waals surface area (Å²) in [5.74, 6) is -0.488. The highest BCUT2D eigenvalue weighted by Gasteiger charge is 2.24. The summed E-state index contributed by atoms with van der Waals surface area (Å²) in [5, 5.41) is 0. The zero-order valence-electron chi connectivity index (χ0n) is 15.7. The van der Waals surface area contributed by atoms with Gasteiger partial charge in [-0.3, -0.25) is 4.90 Å². The van der Waals surface area contributed by atoms with E-state index in [9.17, 15) is 13.2 Å². The number of halogens is 1. The Hall–Kier alpha value is -1.93. The quantitative estimate of drug-likeness (QED) is 0.721. The Morgan fingerprint density at radius 3 is 2.25 bits per heavy atom. The van der Waals surface area contributed by atoms with Crippen molar-refractivity contribution in [3.63, 3.8) is 0 Å². The standard InChI is InChI=1S/C20H24N2O4S.ClH/c1-26-20(23)17-7-9-19(10-8-17)27(24,25)21-18-11-13-22(14-12-18)15-16-5-3-2-4-6-16;/h2-10,18,21H,11-15H2,1H3;1H. The smallest absolute Gasteiger partial charge is 0.337 e. The molecule has 2 aromatic rings. The van der Waals surface area contributed by atoms with Gasteiger partial charge in [-0.15, -0.1) is 12.4 Å². The van der Waals surface area contributed by atoms with Crippen LogP contribution in [-0.2, 0) is 21.3 Å². The summed E-state index contributed by atoms with van der Waals surface area (Å²) in [6.07, 6.45) is 1.54. The number of rotatable bonds is 6. The zero-order valence-corrected chi connectivity index (χ0v) is 17.3. The fraction of sp³-hybridized carbons (Fsp3) is 0.350. The molecule has 6 nitrogen and oxygen atoms in total. The van der Waals surface area contributed by atoms with Crippen molar-refractivity contribution in [1.82, 2.24) is 9.62 Å². The largest absolute Gasteiger partial charge is 0.465 e. The summed E-state index contributed by atoms with van der Waals surface area (Å²) in [6, 6.07) is 16.0. The average Bonchev–Trinajstić information content (AvgIpc) is 2.69. The van der Waals surface area contributed by atoms with Gasteiger partial charge in [-0.25, -0.2) is 17.9 Å². The molecule has 0 atom stereocenters. The van der Waals surface area contributed by atoms with Crippen LogP contribution in [0.3, 0.4) is 0 Å². The second kappa shape index (κ2) is 10.0. The van der Waals surface area contributed by atoms with Crippen LogP contribution in [0.4, 0.5) is 0 Å². The van der Waals surface area contributed by atoms with Gasteiger partial charge in [0.25, 0.3) is 0 Å². The van der Waals surface area contributed by atoms with Crippen molar-refractivity contribution in [2.75, 3.05) is 20.2 Å². The molecular formula is C20H25ClN2O4S. The van der Waals surface area contributed by atoms with Gasteiger partial charge in [0.05, 0.1) is 17.6 Å². The zero-order chi connectivity index (χ0) is 19.3. The lowest BCUT2D eigenvalue weighted by Gasteiger charge is -2.32. The first-order valence-electron chi connectivity index (χ1n) is 8.95. The van der Waals surface area contributed by atoms with E-state index in [0.717, 1.165) is 32.5 Å². The third kappa shape index (κ3) is 5.78. The Balaban J connectivity index is 0.00000280. The molecule has 1 heterocycles. The number of ether oxygens (including phenoxy) is 1. The number of hydrogen-bond acceptors (Lipinski definition) is 5. The maximum Gasteiger partial charge on any atom is 0.337 e. The molecule has 0 unspecified atom stereocenters. The van der Waals surface area contributed by atoms with Crippen molar-refractivity contribution in [3.05, 3.63) is 65.7 Å². The van der Waals surface area contributed by atoms with E-state index >= 15 is 0 Å². The lowest BCUT2D eigenvalue weighted by atomic mass is 10.1. The predicted octanol–water partition coefficient (Wildman–Crippen LogP) is 2.84. The van der Waals surface area contributed by atoms with Crippen LogP contribution in [0, 0.1) is 0 Å². The summed E-state index contributed by atoms with van der Waals surface area (Å²) in [6.45, 7) is 2.59. The first kappa shape index (κ1) is 22.4. The molecule has 0 radical (unpaired) electrons. The number of esters is 1. The van der Waals surface area contributed by atoms with Crippen LogP contribution in [-0.4, -0.2) is 45.5 Å². The maximum atomic E-state index is 12.6. The van der Waals surface area contributed by atoms with Crippen LogP contribution >= 0.6 is 12.4 Å². The van der Waals surface area contributed by atoms with Crippen LogP contribution in [0.25, 0.3) is 0 Å². The van der Waals surface area contributed by atoms with Crippen LogP contribution in [0.5, 0.6) is 0 Å². The topological polar surface area (TPSA) is 75.7 Å². The van der Waals surface area contributed by atoms with E-state index < -0.39 is 16.0 Å². The molecule has 1 N–H and O–H groups in total. The second-order valence-electron chi connectivity index (χ2n) is 6.67. The first-order chi connectivity index (χ1) is 13.0. The second-order valence-corrected chi connectivity index (χ2v) is 8.39. The van der Waals surface area contributed by atoms with E-state index in [1.807, 2.05) is 18.2 Å². The molecule has 0 bridgehead atoms. The molecular weight excluding hydrogens is 400 g/mol. The Labute approximate surface area is 172 Å². The van der Waals surface area contributed by atoms with Crippen molar-refractivity contribution in [1.29, 1.82) is 0 Å². The number of sulfonamides is 1. The molecule has 1 aliphatic heterocycles. The highest BCUT2D eigenvalue weighted by Crippen LogP contribution is 2.17. The Morgan fingerprint density at radius 1 is 1.07 bits per heavy atom. The van der Waals surface area contributed by atoms with Crippen LogP contribution in [0.2, 0.25) is 0 Å². The molecule has 0 spiro atoms. The van der Waals surface area contributed by atoms with Gasteiger partial charge in [0.1, 0.15) is 0 Å². The molecule has 28 heavy (non-hydrogen) atoms. The molecule has 0 aliphatic carbocycles. The number of likely N-dealkylation sites (tertiary alicyclic amines) is 1. The molecule has 8 heteroatoms. The molecule has 2 aromatic carbocycles. The van der Waals surface area contributed by atoms with E-state index in [2.05, 4.69) is 26.5 Å². The van der Waals surface area contributed by atoms with Gasteiger partial charge in [-0.2, -0.15) is 0 Å². The van der Waals surface area contributed by atoms with Gasteiger partial charge in [-0.1, -0.05) is 30.3 Å². The maximum absolute atomic E-state index is 12.6. The molecule has 1 aliphatic rings. The van der Waals surface area contributed by atoms with Gasteiger partial charge in [0.2, 0.25) is 10.0 Å². The molecule has 0 saturated carbocycles. The SMILES string of the molecule is COC(=O)c1ccc(S(=O)(=O)NC2CCN(Cc3ccccc3)CC2)cc1.Cl. The van der Waals surface area contributed by atoms with E-state index in [1.165, 1.54) is 36.9 Å². The number of piperidine rings is 1. The lowest BCUT2D eigenvalue weighted by molar-refractivity contribution is 0.0600. The predicted molar refractivity (Wildman–Crippen MR) is 110 cm³/mol. The van der Waals surface area contributed by atoms with Crippen molar-refractivity contribution in [3.8, 4) is 0 Å². The van der Waals surface area contributed by atoms with E-state index in [1.54, 1.807) is 0 Å². The van der Waals surface area contributed by atoms with Crippen molar-refractivity contribution >= 4 is 28.4 Å². The number of nitrogens with zero attached hydrogens (tertiary/aromatic N) is 1. The molecule has 152 valence electrons. The highest BCUT2D eigenvalue weighted by molar-refractivity contribution is 7.89. The van der Waals surface area contributed by atoms with Gasteiger partial charge in [0.15, 0.2) is 0 Å². The number of carbonyl (C=O) groups is 1. The van der Waals surface area contributed by atoms with Crippen LogP contribution in [0.1, 0.15) is 28.8 Å². The highest BCUT2D eigenvalue weighted by atomic mass is 35.5. The number of carbonyl (C=O) groups excluding carboxylic acids is 1. The minimum atomic E-state index is -3.61. The number of benzene rings is 2. The van der Waals surface area contributed by atoms with Crippen LogP contribution < -0.4 is 4.72 Å². The number of methoxy groups -OCH3 is 1. The Kier molecular flexibility index (Phi) is 8.00. The van der Waals surface area contributed by atoms with E-state index in [-0.39, 0.29) is 23.3 Å². The number of hydrogen-bond donors (Lipinski definition) is 1. The van der Waals surface area contributed by atoms with E-state index in [4.69, 9.17) is 0 Å². The molecule has 1 saturated heterocycles.